The summed E-state index contributed by atoms with van der Waals surface area (Å²) >= 11 is 0. The van der Waals surface area contributed by atoms with Crippen LogP contribution in [-0.4, -0.2) is 56.8 Å². The van der Waals surface area contributed by atoms with Gasteiger partial charge in [-0.3, -0.25) is 13.9 Å². The highest BCUT2D eigenvalue weighted by Gasteiger charge is 2.28. The van der Waals surface area contributed by atoms with E-state index in [2.05, 4.69) is 5.32 Å². The van der Waals surface area contributed by atoms with Gasteiger partial charge in [-0.15, -0.1) is 0 Å². The number of ether oxygens (including phenoxy) is 2. The van der Waals surface area contributed by atoms with E-state index in [1.165, 1.54) is 10.7 Å². The molecule has 0 unspecified atom stereocenters. The fourth-order valence-corrected chi connectivity index (χ4v) is 6.04. The van der Waals surface area contributed by atoms with Gasteiger partial charge in [0.15, 0.2) is 11.5 Å². The van der Waals surface area contributed by atoms with Crippen molar-refractivity contribution in [1.29, 1.82) is 0 Å². The third-order valence-electron chi connectivity index (χ3n) is 7.39. The Kier molecular flexibility index (Phi) is 9.37. The summed E-state index contributed by atoms with van der Waals surface area (Å²) in [4.78, 5) is 28.3. The minimum Gasteiger partial charge on any atom is -0.454 e. The number of amides is 2. The zero-order valence-corrected chi connectivity index (χ0v) is 23.8. The number of hydrogen-bond acceptors (Lipinski definition) is 6. The molecule has 1 aliphatic carbocycles. The molecule has 1 aliphatic heterocycles. The van der Waals surface area contributed by atoms with E-state index in [4.69, 9.17) is 9.47 Å². The minimum absolute atomic E-state index is 0.0927. The Hall–Kier alpha value is -3.27. The molecule has 0 saturated heterocycles. The highest BCUT2D eigenvalue weighted by molar-refractivity contribution is 7.92. The van der Waals surface area contributed by atoms with Crippen LogP contribution in [0.5, 0.6) is 11.5 Å². The third kappa shape index (κ3) is 7.65. The summed E-state index contributed by atoms with van der Waals surface area (Å²) in [5, 5.41) is 3.14. The largest absolute Gasteiger partial charge is 0.454 e. The van der Waals surface area contributed by atoms with E-state index >= 15 is 0 Å². The van der Waals surface area contributed by atoms with Crippen molar-refractivity contribution in [3.05, 3.63) is 53.6 Å². The molecule has 4 rings (SSSR count). The van der Waals surface area contributed by atoms with Crippen molar-refractivity contribution in [2.24, 2.45) is 0 Å². The first kappa shape index (κ1) is 28.7. The van der Waals surface area contributed by atoms with Gasteiger partial charge in [-0.1, -0.05) is 49.1 Å². The second-order valence-electron chi connectivity index (χ2n) is 10.5. The molecule has 2 amide bonds. The molecule has 10 heteroatoms. The average molecular weight is 558 g/mol. The van der Waals surface area contributed by atoms with Crippen LogP contribution in [0.2, 0.25) is 0 Å². The molecule has 39 heavy (non-hydrogen) atoms. The van der Waals surface area contributed by atoms with Crippen molar-refractivity contribution in [1.82, 2.24) is 10.2 Å². The second-order valence-corrected chi connectivity index (χ2v) is 12.4. The number of aryl methyl sites for hydroxylation is 1. The van der Waals surface area contributed by atoms with Crippen molar-refractivity contribution in [2.45, 2.75) is 77.4 Å². The highest BCUT2D eigenvalue weighted by atomic mass is 32.2. The second kappa shape index (κ2) is 12.7. The zero-order chi connectivity index (χ0) is 28.0. The maximum atomic E-state index is 13.5. The molecule has 2 aromatic rings. The molecular weight excluding hydrogens is 518 g/mol. The number of sulfonamides is 1. The fraction of sp³-hybridized carbons (Fsp3) is 0.517. The Morgan fingerprint density at radius 2 is 1.72 bits per heavy atom. The molecule has 1 N–H and O–H groups in total. The van der Waals surface area contributed by atoms with Gasteiger partial charge in [0.2, 0.25) is 28.6 Å². The third-order valence-corrected chi connectivity index (χ3v) is 8.58. The number of rotatable bonds is 11. The molecule has 9 nitrogen and oxygen atoms in total. The molecule has 0 aromatic heterocycles. The van der Waals surface area contributed by atoms with Gasteiger partial charge in [-0.2, -0.15) is 0 Å². The van der Waals surface area contributed by atoms with Crippen LogP contribution in [-0.2, 0) is 26.2 Å². The fourth-order valence-electron chi connectivity index (χ4n) is 5.09. The summed E-state index contributed by atoms with van der Waals surface area (Å²) in [6.07, 6.45) is 6.86. The normalized spacial score (nSPS) is 16.0. The van der Waals surface area contributed by atoms with Gasteiger partial charge >= 0.3 is 0 Å². The first-order chi connectivity index (χ1) is 18.6. The van der Waals surface area contributed by atoms with Gasteiger partial charge < -0.3 is 19.7 Å². The van der Waals surface area contributed by atoms with Crippen LogP contribution in [0.1, 0.15) is 63.0 Å². The Morgan fingerprint density at radius 1 is 1.03 bits per heavy atom. The highest BCUT2D eigenvalue weighted by Crippen LogP contribution is 2.36. The van der Waals surface area contributed by atoms with Gasteiger partial charge in [-0.25, -0.2) is 8.42 Å². The maximum Gasteiger partial charge on any atom is 0.242 e. The predicted octanol–water partition coefficient (Wildman–Crippen LogP) is 4.14. The molecule has 0 radical (unpaired) electrons. The summed E-state index contributed by atoms with van der Waals surface area (Å²) in [5.74, 6) is 0.704. The van der Waals surface area contributed by atoms with Gasteiger partial charge in [0.05, 0.1) is 11.9 Å². The lowest BCUT2D eigenvalue weighted by Gasteiger charge is -2.31. The molecule has 212 valence electrons. The van der Waals surface area contributed by atoms with Crippen LogP contribution in [0.3, 0.4) is 0 Å². The van der Waals surface area contributed by atoms with Crippen LogP contribution in [0.4, 0.5) is 5.69 Å². The molecule has 1 atom stereocenters. The Labute approximate surface area is 231 Å². The van der Waals surface area contributed by atoms with E-state index in [-0.39, 0.29) is 37.6 Å². The molecule has 0 bridgehead atoms. The van der Waals surface area contributed by atoms with E-state index < -0.39 is 16.1 Å². The molecule has 2 aromatic carbocycles. The van der Waals surface area contributed by atoms with Crippen LogP contribution in [0, 0.1) is 6.92 Å². The maximum absolute atomic E-state index is 13.5. The van der Waals surface area contributed by atoms with E-state index in [1.807, 2.05) is 31.2 Å². The molecule has 2 aliphatic rings. The topological polar surface area (TPSA) is 105 Å². The average Bonchev–Trinajstić information content (AvgIpc) is 3.38. The first-order valence-corrected chi connectivity index (χ1v) is 15.5. The Balaban J connectivity index is 1.44. The number of nitrogens with zero attached hydrogens (tertiary/aromatic N) is 2. The summed E-state index contributed by atoms with van der Waals surface area (Å²) in [5.41, 5.74) is 2.50. The van der Waals surface area contributed by atoms with Crippen LogP contribution in [0.15, 0.2) is 42.5 Å². The van der Waals surface area contributed by atoms with Crippen molar-refractivity contribution in [3.8, 4) is 11.5 Å². The standard InChI is InChI=1S/C29H39N3O6S/c1-21-11-13-23(14-12-21)19-31(22(2)29(34)30-24-8-5-4-6-9-24)28(33)10-7-17-32(39(3,35)36)25-15-16-26-27(18-25)38-20-37-26/h11-16,18,22,24H,4-10,17,19-20H2,1-3H3,(H,30,34)/t22-/m0/s1. The summed E-state index contributed by atoms with van der Waals surface area (Å²) in [6.45, 7) is 4.28. The zero-order valence-electron chi connectivity index (χ0n) is 23.0. The molecule has 1 saturated carbocycles. The van der Waals surface area contributed by atoms with Gasteiger partial charge in [0.1, 0.15) is 6.04 Å². The van der Waals surface area contributed by atoms with Crippen molar-refractivity contribution in [3.63, 3.8) is 0 Å². The lowest BCUT2D eigenvalue weighted by Crippen LogP contribution is -2.50. The Morgan fingerprint density at radius 3 is 2.41 bits per heavy atom. The molecule has 1 heterocycles. The molecular formula is C29H39N3O6S. The monoisotopic (exact) mass is 557 g/mol. The van der Waals surface area contributed by atoms with Crippen molar-refractivity contribution in [2.75, 3.05) is 23.9 Å². The van der Waals surface area contributed by atoms with Crippen LogP contribution < -0.4 is 19.1 Å². The number of hydrogen-bond donors (Lipinski definition) is 1. The number of benzene rings is 2. The van der Waals surface area contributed by atoms with Crippen molar-refractivity contribution >= 4 is 27.5 Å². The van der Waals surface area contributed by atoms with Crippen LogP contribution in [0.25, 0.3) is 0 Å². The van der Waals surface area contributed by atoms with Gasteiger partial charge in [0.25, 0.3) is 0 Å². The molecule has 1 fully saturated rings. The summed E-state index contributed by atoms with van der Waals surface area (Å²) < 4.78 is 37.2. The number of nitrogens with one attached hydrogen (secondary N) is 1. The van der Waals surface area contributed by atoms with E-state index in [1.54, 1.807) is 30.0 Å². The van der Waals surface area contributed by atoms with E-state index in [0.29, 0.717) is 30.2 Å². The number of anilines is 1. The van der Waals surface area contributed by atoms with E-state index in [9.17, 15) is 18.0 Å². The van der Waals surface area contributed by atoms with Gasteiger partial charge in [-0.05, 0) is 50.8 Å². The van der Waals surface area contributed by atoms with Crippen molar-refractivity contribution < 1.29 is 27.5 Å². The number of fused-ring (bicyclic) bond motifs is 1. The van der Waals surface area contributed by atoms with Crippen LogP contribution >= 0.6 is 0 Å². The Bertz CT molecular complexity index is 1260. The number of carbonyl (C=O) groups excluding carboxylic acids is 2. The minimum atomic E-state index is -3.60. The van der Waals surface area contributed by atoms with Gasteiger partial charge in [0, 0.05) is 31.6 Å². The SMILES string of the molecule is Cc1ccc(CN(C(=O)CCCN(c2ccc3c(c2)OCO3)S(C)(=O)=O)[C@@H](C)C(=O)NC2CCCCC2)cc1. The summed E-state index contributed by atoms with van der Waals surface area (Å²) in [7, 11) is -3.60. The molecule has 0 spiro atoms. The first-order valence-electron chi connectivity index (χ1n) is 13.6. The smallest absolute Gasteiger partial charge is 0.242 e. The lowest BCUT2D eigenvalue weighted by atomic mass is 9.95. The predicted molar refractivity (Wildman–Crippen MR) is 150 cm³/mol. The quantitative estimate of drug-likeness (QED) is 0.445. The lowest BCUT2D eigenvalue weighted by molar-refractivity contribution is -0.141. The number of carbonyl (C=O) groups is 2. The summed E-state index contributed by atoms with van der Waals surface area (Å²) in [6, 6.07) is 12.4. The van der Waals surface area contributed by atoms with E-state index in [0.717, 1.165) is 43.1 Å².